The number of hydrogen-bond acceptors (Lipinski definition) is 2. The Labute approximate surface area is 127 Å². The first kappa shape index (κ1) is 17.0. The molecular weight excluding hydrogens is 270 g/mol. The smallest absolute Gasteiger partial charge is 0.0963 e. The SMILES string of the molecule is CC(c1ccc(Cl)cc1)N(C)CCCC(C)(C)C(=N)N. The number of benzene rings is 1. The third-order valence-corrected chi connectivity index (χ3v) is 4.31. The van der Waals surface area contributed by atoms with Crippen LogP contribution in [0.5, 0.6) is 0 Å². The van der Waals surface area contributed by atoms with Gasteiger partial charge in [0.05, 0.1) is 5.84 Å². The highest BCUT2D eigenvalue weighted by Gasteiger charge is 2.21. The highest BCUT2D eigenvalue weighted by Crippen LogP contribution is 2.24. The van der Waals surface area contributed by atoms with Gasteiger partial charge in [-0.1, -0.05) is 37.6 Å². The molecule has 3 nitrogen and oxygen atoms in total. The van der Waals surface area contributed by atoms with Crippen LogP contribution in [-0.4, -0.2) is 24.3 Å². The molecule has 0 aliphatic carbocycles. The summed E-state index contributed by atoms with van der Waals surface area (Å²) in [4.78, 5) is 2.32. The second-order valence-corrected chi connectivity index (χ2v) is 6.55. The summed E-state index contributed by atoms with van der Waals surface area (Å²) >= 11 is 5.91. The lowest BCUT2D eigenvalue weighted by Gasteiger charge is -2.28. The average molecular weight is 296 g/mol. The molecule has 0 fully saturated rings. The number of nitrogens with two attached hydrogens (primary N) is 1. The van der Waals surface area contributed by atoms with Crippen molar-refractivity contribution in [1.29, 1.82) is 5.41 Å². The first-order valence-electron chi connectivity index (χ1n) is 7.04. The van der Waals surface area contributed by atoms with Gasteiger partial charge in [0.25, 0.3) is 0 Å². The van der Waals surface area contributed by atoms with Gasteiger partial charge in [0.1, 0.15) is 0 Å². The Kier molecular flexibility index (Phi) is 6.03. The maximum atomic E-state index is 7.57. The third-order valence-electron chi connectivity index (χ3n) is 4.06. The van der Waals surface area contributed by atoms with Crippen molar-refractivity contribution in [2.24, 2.45) is 11.1 Å². The first-order valence-corrected chi connectivity index (χ1v) is 7.42. The molecule has 1 aromatic rings. The minimum Gasteiger partial charge on any atom is -0.387 e. The molecule has 1 unspecified atom stereocenters. The van der Waals surface area contributed by atoms with Crippen LogP contribution in [0.15, 0.2) is 24.3 Å². The number of hydrogen-bond donors (Lipinski definition) is 2. The maximum Gasteiger partial charge on any atom is 0.0963 e. The van der Waals surface area contributed by atoms with E-state index in [2.05, 4.69) is 31.0 Å². The summed E-state index contributed by atoms with van der Waals surface area (Å²) in [6.45, 7) is 7.23. The number of rotatable bonds is 7. The Morgan fingerprint density at radius 1 is 1.35 bits per heavy atom. The van der Waals surface area contributed by atoms with E-state index in [-0.39, 0.29) is 11.3 Å². The third kappa shape index (κ3) is 4.80. The van der Waals surface area contributed by atoms with E-state index in [1.54, 1.807) is 0 Å². The van der Waals surface area contributed by atoms with Crippen LogP contribution in [0.3, 0.4) is 0 Å². The number of halogens is 1. The van der Waals surface area contributed by atoms with E-state index < -0.39 is 0 Å². The summed E-state index contributed by atoms with van der Waals surface area (Å²) < 4.78 is 0. The lowest BCUT2D eigenvalue weighted by Crippen LogP contribution is -2.32. The molecule has 0 spiro atoms. The normalized spacial score (nSPS) is 13.5. The molecule has 3 N–H and O–H groups in total. The summed E-state index contributed by atoms with van der Waals surface area (Å²) in [5, 5.41) is 8.34. The van der Waals surface area contributed by atoms with Crippen molar-refractivity contribution < 1.29 is 0 Å². The molecular formula is C16H26ClN3. The molecule has 20 heavy (non-hydrogen) atoms. The number of nitrogens with zero attached hydrogens (tertiary/aromatic N) is 1. The topological polar surface area (TPSA) is 53.1 Å². The molecule has 0 aliphatic heterocycles. The van der Waals surface area contributed by atoms with Crippen molar-refractivity contribution in [3.8, 4) is 0 Å². The quantitative estimate of drug-likeness (QED) is 0.588. The van der Waals surface area contributed by atoms with E-state index in [1.807, 2.05) is 26.0 Å². The van der Waals surface area contributed by atoms with Gasteiger partial charge >= 0.3 is 0 Å². The van der Waals surface area contributed by atoms with Gasteiger partial charge in [0, 0.05) is 16.5 Å². The van der Waals surface area contributed by atoms with Crippen LogP contribution in [-0.2, 0) is 0 Å². The molecule has 1 aromatic carbocycles. The summed E-state index contributed by atoms with van der Waals surface area (Å²) in [5.74, 6) is 0.269. The molecule has 0 heterocycles. The molecule has 0 radical (unpaired) electrons. The monoisotopic (exact) mass is 295 g/mol. The summed E-state index contributed by atoms with van der Waals surface area (Å²) in [6, 6.07) is 8.36. The van der Waals surface area contributed by atoms with Crippen LogP contribution >= 0.6 is 11.6 Å². The Balaban J connectivity index is 2.48. The van der Waals surface area contributed by atoms with Gasteiger partial charge in [-0.25, -0.2) is 0 Å². The molecule has 1 atom stereocenters. The van der Waals surface area contributed by atoms with Crippen LogP contribution in [0.4, 0.5) is 0 Å². The number of amidine groups is 1. The lowest BCUT2D eigenvalue weighted by atomic mass is 9.86. The number of nitrogens with one attached hydrogen (secondary N) is 1. The predicted molar refractivity (Wildman–Crippen MR) is 87.4 cm³/mol. The van der Waals surface area contributed by atoms with Crippen molar-refractivity contribution in [3.05, 3.63) is 34.9 Å². The minimum absolute atomic E-state index is 0.204. The Morgan fingerprint density at radius 3 is 2.40 bits per heavy atom. The second kappa shape index (κ2) is 7.09. The molecule has 4 heteroatoms. The first-order chi connectivity index (χ1) is 9.24. The molecule has 112 valence electrons. The van der Waals surface area contributed by atoms with Gasteiger partial charge < -0.3 is 5.73 Å². The van der Waals surface area contributed by atoms with Crippen LogP contribution < -0.4 is 5.73 Å². The van der Waals surface area contributed by atoms with Gasteiger partial charge in [-0.3, -0.25) is 10.3 Å². The molecule has 0 saturated carbocycles. The van der Waals surface area contributed by atoms with Gasteiger partial charge in [0.15, 0.2) is 0 Å². The molecule has 0 aliphatic rings. The maximum absolute atomic E-state index is 7.57. The van der Waals surface area contributed by atoms with E-state index in [0.29, 0.717) is 6.04 Å². The van der Waals surface area contributed by atoms with Crippen molar-refractivity contribution in [2.45, 2.75) is 39.7 Å². The highest BCUT2D eigenvalue weighted by atomic mass is 35.5. The summed E-state index contributed by atoms with van der Waals surface area (Å²) in [6.07, 6.45) is 1.96. The Morgan fingerprint density at radius 2 is 1.90 bits per heavy atom. The van der Waals surface area contributed by atoms with Gasteiger partial charge in [-0.05, 0) is 51.1 Å². The molecule has 0 amide bonds. The largest absolute Gasteiger partial charge is 0.387 e. The second-order valence-electron chi connectivity index (χ2n) is 6.11. The van der Waals surface area contributed by atoms with Crippen molar-refractivity contribution >= 4 is 17.4 Å². The fourth-order valence-corrected chi connectivity index (χ4v) is 2.22. The van der Waals surface area contributed by atoms with Crippen molar-refractivity contribution in [3.63, 3.8) is 0 Å². The van der Waals surface area contributed by atoms with Gasteiger partial charge in [-0.2, -0.15) is 0 Å². The van der Waals surface area contributed by atoms with Crippen LogP contribution in [0.2, 0.25) is 5.02 Å². The highest BCUT2D eigenvalue weighted by molar-refractivity contribution is 6.30. The van der Waals surface area contributed by atoms with Crippen molar-refractivity contribution in [1.82, 2.24) is 4.90 Å². The van der Waals surface area contributed by atoms with E-state index in [1.165, 1.54) is 5.56 Å². The summed E-state index contributed by atoms with van der Waals surface area (Å²) in [5.41, 5.74) is 6.67. The van der Waals surface area contributed by atoms with Gasteiger partial charge in [0.2, 0.25) is 0 Å². The predicted octanol–water partition coefficient (Wildman–Crippen LogP) is 4.08. The van der Waals surface area contributed by atoms with Gasteiger partial charge in [-0.15, -0.1) is 0 Å². The van der Waals surface area contributed by atoms with Crippen LogP contribution in [0.25, 0.3) is 0 Å². The van der Waals surface area contributed by atoms with Crippen LogP contribution in [0.1, 0.15) is 45.2 Å². The average Bonchev–Trinajstić information content (AvgIpc) is 2.38. The molecule has 0 aromatic heterocycles. The zero-order chi connectivity index (χ0) is 15.3. The summed E-state index contributed by atoms with van der Waals surface area (Å²) in [7, 11) is 2.13. The molecule has 0 bridgehead atoms. The fraction of sp³-hybridized carbons (Fsp3) is 0.562. The Bertz CT molecular complexity index is 440. The van der Waals surface area contributed by atoms with E-state index in [9.17, 15) is 0 Å². The van der Waals surface area contributed by atoms with Crippen LogP contribution in [0, 0.1) is 10.8 Å². The van der Waals surface area contributed by atoms with E-state index in [4.69, 9.17) is 22.7 Å². The standard InChI is InChI=1S/C16H26ClN3/c1-12(13-6-8-14(17)9-7-13)20(4)11-5-10-16(2,3)15(18)19/h6-9,12H,5,10-11H2,1-4H3,(H3,18,19). The fourth-order valence-electron chi connectivity index (χ4n) is 2.09. The van der Waals surface area contributed by atoms with E-state index >= 15 is 0 Å². The molecule has 1 rings (SSSR count). The molecule has 0 saturated heterocycles. The zero-order valence-electron chi connectivity index (χ0n) is 12.9. The lowest BCUT2D eigenvalue weighted by molar-refractivity contribution is 0.246. The zero-order valence-corrected chi connectivity index (χ0v) is 13.7. The van der Waals surface area contributed by atoms with E-state index in [0.717, 1.165) is 24.4 Å². The minimum atomic E-state index is -0.204. The van der Waals surface area contributed by atoms with Crippen molar-refractivity contribution in [2.75, 3.05) is 13.6 Å². The Hall–Kier alpha value is -1.06.